The Morgan fingerprint density at radius 3 is 2.22 bits per heavy atom. The van der Waals surface area contributed by atoms with Crippen molar-refractivity contribution in [1.29, 1.82) is 0 Å². The number of methoxy groups -OCH3 is 1. The smallest absolute Gasteiger partial charge is 0.118 e. The van der Waals surface area contributed by atoms with Crippen LogP contribution in [0.1, 0.15) is 59.4 Å². The molecule has 0 saturated carbocycles. The molecule has 0 aromatic heterocycles. The lowest BCUT2D eigenvalue weighted by molar-refractivity contribution is 0.140. The van der Waals surface area contributed by atoms with Crippen molar-refractivity contribution in [2.45, 2.75) is 83.5 Å². The zero-order valence-electron chi connectivity index (χ0n) is 15.7. The summed E-state index contributed by atoms with van der Waals surface area (Å²) in [6.07, 6.45) is 4.64. The maximum Gasteiger partial charge on any atom is 0.118 e. The van der Waals surface area contributed by atoms with E-state index in [1.807, 2.05) is 12.1 Å². The molecule has 1 aromatic rings. The Balaban J connectivity index is 1.82. The van der Waals surface area contributed by atoms with Gasteiger partial charge in [-0.1, -0.05) is 12.1 Å². The Hall–Kier alpha value is -1.06. The molecular formula is C20H34N2O. The van der Waals surface area contributed by atoms with Crippen LogP contribution in [0.25, 0.3) is 0 Å². The molecule has 0 bridgehead atoms. The van der Waals surface area contributed by atoms with E-state index in [0.717, 1.165) is 18.6 Å². The van der Waals surface area contributed by atoms with Gasteiger partial charge in [-0.2, -0.15) is 0 Å². The van der Waals surface area contributed by atoms with Crippen molar-refractivity contribution >= 4 is 0 Å². The Kier molecular flexibility index (Phi) is 5.74. The van der Waals surface area contributed by atoms with E-state index in [0.29, 0.717) is 12.1 Å². The van der Waals surface area contributed by atoms with Gasteiger partial charge in [0.1, 0.15) is 5.75 Å². The summed E-state index contributed by atoms with van der Waals surface area (Å²) in [7, 11) is 1.71. The van der Waals surface area contributed by atoms with Gasteiger partial charge in [0, 0.05) is 23.2 Å². The summed E-state index contributed by atoms with van der Waals surface area (Å²) in [5.41, 5.74) is 1.79. The molecule has 0 radical (unpaired) electrons. The molecule has 0 aliphatic carbocycles. The fourth-order valence-corrected chi connectivity index (χ4v) is 4.10. The average Bonchev–Trinajstić information content (AvgIpc) is 2.42. The normalized spacial score (nSPS) is 21.8. The Labute approximate surface area is 142 Å². The van der Waals surface area contributed by atoms with E-state index >= 15 is 0 Å². The summed E-state index contributed by atoms with van der Waals surface area (Å²) < 4.78 is 5.22. The van der Waals surface area contributed by atoms with Crippen molar-refractivity contribution in [2.75, 3.05) is 7.11 Å². The van der Waals surface area contributed by atoms with E-state index < -0.39 is 0 Å². The fraction of sp³-hybridized carbons (Fsp3) is 0.700. The first-order valence-corrected chi connectivity index (χ1v) is 8.87. The predicted molar refractivity (Wildman–Crippen MR) is 98.2 cm³/mol. The monoisotopic (exact) mass is 318 g/mol. The Morgan fingerprint density at radius 2 is 1.70 bits per heavy atom. The second kappa shape index (κ2) is 7.23. The maximum absolute atomic E-state index is 5.22. The predicted octanol–water partition coefficient (Wildman–Crippen LogP) is 3.92. The first-order chi connectivity index (χ1) is 10.7. The summed E-state index contributed by atoms with van der Waals surface area (Å²) in [6, 6.07) is 9.56. The van der Waals surface area contributed by atoms with Crippen LogP contribution in [0.3, 0.4) is 0 Å². The molecule has 3 nitrogen and oxygen atoms in total. The van der Waals surface area contributed by atoms with Crippen molar-refractivity contribution in [1.82, 2.24) is 10.6 Å². The molecule has 1 saturated heterocycles. The summed E-state index contributed by atoms with van der Waals surface area (Å²) in [4.78, 5) is 0. The number of hydrogen-bond donors (Lipinski definition) is 2. The largest absolute Gasteiger partial charge is 0.497 e. The summed E-state index contributed by atoms with van der Waals surface area (Å²) in [5.74, 6) is 0.930. The minimum atomic E-state index is 0.203. The van der Waals surface area contributed by atoms with Gasteiger partial charge in [0.25, 0.3) is 0 Å². The van der Waals surface area contributed by atoms with Gasteiger partial charge in [0.05, 0.1) is 7.11 Å². The highest BCUT2D eigenvalue weighted by Gasteiger charge is 2.37. The maximum atomic E-state index is 5.22. The summed E-state index contributed by atoms with van der Waals surface area (Å²) >= 11 is 0. The van der Waals surface area contributed by atoms with Gasteiger partial charge in [-0.15, -0.1) is 0 Å². The van der Waals surface area contributed by atoms with Crippen molar-refractivity contribution < 1.29 is 4.74 Å². The van der Waals surface area contributed by atoms with Crippen molar-refractivity contribution in [3.8, 4) is 5.75 Å². The minimum absolute atomic E-state index is 0.203. The van der Waals surface area contributed by atoms with E-state index in [2.05, 4.69) is 57.4 Å². The molecule has 1 aliphatic rings. The third-order valence-electron chi connectivity index (χ3n) is 4.74. The van der Waals surface area contributed by atoms with Crippen molar-refractivity contribution in [2.24, 2.45) is 0 Å². The molecule has 130 valence electrons. The minimum Gasteiger partial charge on any atom is -0.497 e. The molecule has 1 aliphatic heterocycles. The van der Waals surface area contributed by atoms with Crippen LogP contribution in [0.4, 0.5) is 0 Å². The fourth-order valence-electron chi connectivity index (χ4n) is 4.10. The summed E-state index contributed by atoms with van der Waals surface area (Å²) in [5, 5.41) is 7.61. The molecule has 1 unspecified atom stereocenters. The topological polar surface area (TPSA) is 33.3 Å². The molecule has 0 amide bonds. The van der Waals surface area contributed by atoms with Crippen molar-refractivity contribution in [3.05, 3.63) is 29.8 Å². The van der Waals surface area contributed by atoms with E-state index in [1.165, 1.54) is 18.4 Å². The van der Waals surface area contributed by atoms with E-state index in [9.17, 15) is 0 Å². The first-order valence-electron chi connectivity index (χ1n) is 8.87. The Bertz CT molecular complexity index is 477. The molecule has 1 atom stereocenters. The number of nitrogens with one attached hydrogen (secondary N) is 2. The van der Waals surface area contributed by atoms with E-state index in [1.54, 1.807) is 7.11 Å². The lowest BCUT2D eigenvalue weighted by atomic mass is 9.79. The van der Waals surface area contributed by atoms with Crippen LogP contribution in [-0.4, -0.2) is 30.3 Å². The van der Waals surface area contributed by atoms with Gasteiger partial charge in [-0.25, -0.2) is 0 Å². The molecular weight excluding hydrogens is 284 g/mol. The van der Waals surface area contributed by atoms with Gasteiger partial charge in [0.15, 0.2) is 0 Å². The SMILES string of the molecule is COc1ccc(CCC(C)NC2CC(C)(C)NC(C)(C)C2)cc1. The van der Waals surface area contributed by atoms with Crippen molar-refractivity contribution in [3.63, 3.8) is 0 Å². The highest BCUT2D eigenvalue weighted by atomic mass is 16.5. The summed E-state index contributed by atoms with van der Waals surface area (Å²) in [6.45, 7) is 11.6. The second-order valence-corrected chi connectivity index (χ2v) is 8.45. The molecule has 23 heavy (non-hydrogen) atoms. The molecule has 1 fully saturated rings. The van der Waals surface area contributed by atoms with Crippen LogP contribution in [0, 0.1) is 0 Å². The van der Waals surface area contributed by atoms with Crippen LogP contribution in [0.5, 0.6) is 5.75 Å². The number of aryl methyl sites for hydroxylation is 1. The number of ether oxygens (including phenoxy) is 1. The zero-order chi connectivity index (χ0) is 17.1. The number of hydrogen-bond acceptors (Lipinski definition) is 3. The molecule has 1 aromatic carbocycles. The van der Waals surface area contributed by atoms with Gasteiger partial charge in [-0.3, -0.25) is 0 Å². The van der Waals surface area contributed by atoms with Crippen LogP contribution in [0.15, 0.2) is 24.3 Å². The lowest BCUT2D eigenvalue weighted by Crippen LogP contribution is -2.62. The molecule has 2 N–H and O–H groups in total. The number of rotatable bonds is 6. The Morgan fingerprint density at radius 1 is 1.13 bits per heavy atom. The van der Waals surface area contributed by atoms with Crippen LogP contribution in [0.2, 0.25) is 0 Å². The quantitative estimate of drug-likeness (QED) is 0.834. The van der Waals surface area contributed by atoms with Gasteiger partial charge < -0.3 is 15.4 Å². The highest BCUT2D eigenvalue weighted by Crippen LogP contribution is 2.29. The standard InChI is InChI=1S/C20H34N2O/c1-15(7-8-16-9-11-18(23-6)12-10-16)21-17-13-19(2,3)22-20(4,5)14-17/h9-12,15,17,21-22H,7-8,13-14H2,1-6H3. The number of benzene rings is 1. The van der Waals surface area contributed by atoms with Crippen LogP contribution in [-0.2, 0) is 6.42 Å². The van der Waals surface area contributed by atoms with E-state index in [4.69, 9.17) is 4.74 Å². The second-order valence-electron chi connectivity index (χ2n) is 8.45. The molecule has 1 heterocycles. The highest BCUT2D eigenvalue weighted by molar-refractivity contribution is 5.27. The van der Waals surface area contributed by atoms with Crippen LogP contribution < -0.4 is 15.4 Å². The third-order valence-corrected chi connectivity index (χ3v) is 4.74. The number of piperidine rings is 1. The van der Waals surface area contributed by atoms with Gasteiger partial charge >= 0.3 is 0 Å². The average molecular weight is 319 g/mol. The van der Waals surface area contributed by atoms with Crippen LogP contribution >= 0.6 is 0 Å². The molecule has 2 rings (SSSR count). The third kappa shape index (κ3) is 5.82. The molecule has 0 spiro atoms. The van der Waals surface area contributed by atoms with E-state index in [-0.39, 0.29) is 11.1 Å². The lowest BCUT2D eigenvalue weighted by Gasteiger charge is -2.47. The molecule has 3 heteroatoms. The first kappa shape index (κ1) is 18.3. The van der Waals surface area contributed by atoms with Gasteiger partial charge in [0.2, 0.25) is 0 Å². The van der Waals surface area contributed by atoms with Gasteiger partial charge in [-0.05, 0) is 78.0 Å². The zero-order valence-corrected chi connectivity index (χ0v) is 15.7.